The number of para-hydroxylation sites is 1. The molecule has 2 aromatic carbocycles. The lowest BCUT2D eigenvalue weighted by Crippen LogP contribution is -2.26. The normalized spacial score (nSPS) is 16.0. The summed E-state index contributed by atoms with van der Waals surface area (Å²) in [6, 6.07) is 11.9. The summed E-state index contributed by atoms with van der Waals surface area (Å²) >= 11 is 0. The van der Waals surface area contributed by atoms with Crippen LogP contribution in [-0.2, 0) is 6.42 Å². The second-order valence-electron chi connectivity index (χ2n) is 5.95. The van der Waals surface area contributed by atoms with Crippen LogP contribution in [0.5, 0.6) is 0 Å². The van der Waals surface area contributed by atoms with Crippen LogP contribution in [0.25, 0.3) is 0 Å². The summed E-state index contributed by atoms with van der Waals surface area (Å²) < 4.78 is 26.4. The van der Waals surface area contributed by atoms with E-state index in [1.165, 1.54) is 17.8 Å². The van der Waals surface area contributed by atoms with Gasteiger partial charge in [-0.3, -0.25) is 0 Å². The Labute approximate surface area is 143 Å². The van der Waals surface area contributed by atoms with Gasteiger partial charge in [0, 0.05) is 23.5 Å². The summed E-state index contributed by atoms with van der Waals surface area (Å²) in [5.41, 5.74) is 2.68. The third-order valence-corrected chi connectivity index (χ3v) is 4.16. The molecule has 5 nitrogen and oxygen atoms in total. The lowest BCUT2D eigenvalue weighted by atomic mass is 10.1. The van der Waals surface area contributed by atoms with E-state index in [1.807, 2.05) is 23.1 Å². The van der Waals surface area contributed by atoms with Gasteiger partial charge in [-0.25, -0.2) is 8.78 Å². The van der Waals surface area contributed by atoms with Crippen molar-refractivity contribution in [2.24, 2.45) is 0 Å². The molecule has 126 valence electrons. The number of hydrogen-bond donors (Lipinski definition) is 1. The van der Waals surface area contributed by atoms with E-state index in [2.05, 4.69) is 33.5 Å². The molecule has 0 fully saturated rings. The summed E-state index contributed by atoms with van der Waals surface area (Å²) in [6.45, 7) is 2.10. The van der Waals surface area contributed by atoms with E-state index < -0.39 is 11.6 Å². The van der Waals surface area contributed by atoms with Crippen LogP contribution in [0, 0.1) is 11.6 Å². The molecule has 0 amide bonds. The van der Waals surface area contributed by atoms with Crippen LogP contribution in [0.4, 0.5) is 31.9 Å². The Kier molecular flexibility index (Phi) is 3.76. The molecule has 3 aromatic rings. The largest absolute Gasteiger partial charge is 0.339 e. The highest BCUT2D eigenvalue weighted by Gasteiger charge is 2.29. The van der Waals surface area contributed by atoms with Gasteiger partial charge in [0.05, 0.1) is 6.20 Å². The Bertz CT molecular complexity index is 931. The van der Waals surface area contributed by atoms with Crippen LogP contribution < -0.4 is 10.2 Å². The van der Waals surface area contributed by atoms with E-state index in [0.29, 0.717) is 17.5 Å². The van der Waals surface area contributed by atoms with Gasteiger partial charge in [0.1, 0.15) is 0 Å². The highest BCUT2D eigenvalue weighted by Crippen LogP contribution is 2.36. The van der Waals surface area contributed by atoms with Crippen molar-refractivity contribution < 1.29 is 8.78 Å². The molecule has 2 heterocycles. The molecule has 0 bridgehead atoms. The molecule has 0 radical (unpaired) electrons. The smallest absolute Gasteiger partial charge is 0.252 e. The van der Waals surface area contributed by atoms with Crippen molar-refractivity contribution in [1.29, 1.82) is 0 Å². The molecule has 0 spiro atoms. The van der Waals surface area contributed by atoms with Crippen LogP contribution in [0.3, 0.4) is 0 Å². The van der Waals surface area contributed by atoms with Gasteiger partial charge in [-0.2, -0.15) is 10.1 Å². The van der Waals surface area contributed by atoms with E-state index in [9.17, 15) is 8.78 Å². The lowest BCUT2D eigenvalue weighted by molar-refractivity contribution is 0.509. The van der Waals surface area contributed by atoms with Crippen molar-refractivity contribution in [2.45, 2.75) is 19.4 Å². The van der Waals surface area contributed by atoms with Crippen molar-refractivity contribution in [3.05, 3.63) is 65.9 Å². The Morgan fingerprint density at radius 1 is 1.12 bits per heavy atom. The number of fused-ring (bicyclic) bond motifs is 1. The minimum Gasteiger partial charge on any atom is -0.339 e. The number of aromatic nitrogens is 3. The second-order valence-corrected chi connectivity index (χ2v) is 5.95. The number of hydrogen-bond acceptors (Lipinski definition) is 5. The third-order valence-electron chi connectivity index (χ3n) is 4.16. The van der Waals surface area contributed by atoms with Gasteiger partial charge in [0.2, 0.25) is 0 Å². The summed E-state index contributed by atoms with van der Waals surface area (Å²) in [4.78, 5) is 6.50. The molecule has 1 aliphatic rings. The van der Waals surface area contributed by atoms with E-state index in [0.717, 1.165) is 24.2 Å². The number of rotatable bonds is 3. The molecule has 1 atom stereocenters. The Morgan fingerprint density at radius 3 is 2.80 bits per heavy atom. The average molecular weight is 339 g/mol. The minimum absolute atomic E-state index is 0.206. The van der Waals surface area contributed by atoms with E-state index in [-0.39, 0.29) is 6.04 Å². The van der Waals surface area contributed by atoms with Crippen LogP contribution in [-0.4, -0.2) is 21.2 Å². The Balaban J connectivity index is 1.65. The lowest BCUT2D eigenvalue weighted by Gasteiger charge is -2.22. The first-order valence-electron chi connectivity index (χ1n) is 7.91. The number of nitrogens with one attached hydrogen (secondary N) is 1. The molecular formula is C18H15F2N5. The molecule has 1 aliphatic heterocycles. The SMILES string of the molecule is CC1Cc2ccccc2N1c1nncc(Nc2ccc(F)c(F)c2)n1. The first kappa shape index (κ1) is 15.4. The van der Waals surface area contributed by atoms with E-state index in [1.54, 1.807) is 0 Å². The molecule has 7 heteroatoms. The Hall–Kier alpha value is -3.09. The van der Waals surface area contributed by atoms with Crippen LogP contribution >= 0.6 is 0 Å². The predicted molar refractivity (Wildman–Crippen MR) is 91.2 cm³/mol. The molecule has 1 N–H and O–H groups in total. The average Bonchev–Trinajstić information content (AvgIpc) is 2.94. The fourth-order valence-electron chi connectivity index (χ4n) is 3.05. The van der Waals surface area contributed by atoms with Gasteiger partial charge in [0.25, 0.3) is 5.95 Å². The predicted octanol–water partition coefficient (Wildman–Crippen LogP) is 3.98. The van der Waals surface area contributed by atoms with E-state index in [4.69, 9.17) is 0 Å². The molecule has 4 rings (SSSR count). The number of benzene rings is 2. The van der Waals surface area contributed by atoms with Crippen molar-refractivity contribution in [1.82, 2.24) is 15.2 Å². The molecule has 0 saturated heterocycles. The van der Waals surface area contributed by atoms with Gasteiger partial charge in [-0.1, -0.05) is 18.2 Å². The summed E-state index contributed by atoms with van der Waals surface area (Å²) in [5, 5.41) is 11.1. The monoisotopic (exact) mass is 339 g/mol. The Morgan fingerprint density at radius 2 is 1.96 bits per heavy atom. The quantitative estimate of drug-likeness (QED) is 0.782. The summed E-state index contributed by atoms with van der Waals surface area (Å²) in [5.74, 6) is -0.943. The topological polar surface area (TPSA) is 53.9 Å². The number of nitrogens with zero attached hydrogens (tertiary/aromatic N) is 4. The molecular weight excluding hydrogens is 324 g/mol. The first-order chi connectivity index (χ1) is 12.1. The van der Waals surface area contributed by atoms with Gasteiger partial charge in [-0.15, -0.1) is 5.10 Å². The summed E-state index contributed by atoms with van der Waals surface area (Å²) in [6.07, 6.45) is 2.35. The maximum atomic E-state index is 13.4. The van der Waals surface area contributed by atoms with Crippen LogP contribution in [0.1, 0.15) is 12.5 Å². The fraction of sp³-hybridized carbons (Fsp3) is 0.167. The van der Waals surface area contributed by atoms with E-state index >= 15 is 0 Å². The molecule has 0 aliphatic carbocycles. The van der Waals surface area contributed by atoms with Crippen molar-refractivity contribution in [3.63, 3.8) is 0 Å². The molecule has 1 unspecified atom stereocenters. The molecule has 0 saturated carbocycles. The summed E-state index contributed by atoms with van der Waals surface area (Å²) in [7, 11) is 0. The molecule has 25 heavy (non-hydrogen) atoms. The maximum Gasteiger partial charge on any atom is 0.252 e. The van der Waals surface area contributed by atoms with Gasteiger partial charge in [0.15, 0.2) is 17.5 Å². The number of halogens is 2. The molecule has 1 aromatic heterocycles. The van der Waals surface area contributed by atoms with Crippen LogP contribution in [0.2, 0.25) is 0 Å². The van der Waals surface area contributed by atoms with Gasteiger partial charge < -0.3 is 10.2 Å². The first-order valence-corrected chi connectivity index (χ1v) is 7.91. The van der Waals surface area contributed by atoms with Crippen molar-refractivity contribution >= 4 is 23.1 Å². The van der Waals surface area contributed by atoms with Crippen molar-refractivity contribution in [2.75, 3.05) is 10.2 Å². The zero-order valence-corrected chi connectivity index (χ0v) is 13.4. The fourth-order valence-corrected chi connectivity index (χ4v) is 3.05. The minimum atomic E-state index is -0.922. The zero-order valence-electron chi connectivity index (χ0n) is 13.4. The third kappa shape index (κ3) is 2.88. The highest BCUT2D eigenvalue weighted by molar-refractivity contribution is 5.67. The van der Waals surface area contributed by atoms with Gasteiger partial charge >= 0.3 is 0 Å². The maximum absolute atomic E-state index is 13.4. The highest BCUT2D eigenvalue weighted by atomic mass is 19.2. The number of anilines is 4. The van der Waals surface area contributed by atoms with Crippen LogP contribution in [0.15, 0.2) is 48.7 Å². The zero-order chi connectivity index (χ0) is 17.4. The van der Waals surface area contributed by atoms with Gasteiger partial charge in [-0.05, 0) is 37.1 Å². The standard InChI is InChI=1S/C18H15F2N5/c1-11-8-12-4-2-3-5-16(12)25(11)18-23-17(10-21-24-18)22-13-6-7-14(19)15(20)9-13/h2-7,9-11H,8H2,1H3,(H,22,23,24). The second kappa shape index (κ2) is 6.08. The van der Waals surface area contributed by atoms with Crippen molar-refractivity contribution in [3.8, 4) is 0 Å².